The van der Waals surface area contributed by atoms with Crippen molar-refractivity contribution >= 4 is 44.1 Å². The van der Waals surface area contributed by atoms with Gasteiger partial charge >= 0.3 is 0 Å². The maximum Gasteiger partial charge on any atom is 0.217 e. The number of para-hydroxylation sites is 1. The van der Waals surface area contributed by atoms with E-state index in [0.29, 0.717) is 0 Å². The van der Waals surface area contributed by atoms with Crippen molar-refractivity contribution in [3.63, 3.8) is 0 Å². The molecule has 4 nitrogen and oxygen atoms in total. The van der Waals surface area contributed by atoms with Gasteiger partial charge in [0.2, 0.25) is 4.96 Å². The summed E-state index contributed by atoms with van der Waals surface area (Å²) in [6, 6.07) is 14.2. The summed E-state index contributed by atoms with van der Waals surface area (Å²) in [5, 5.41) is 9.10. The molecule has 0 aliphatic heterocycles. The SMILES string of the molecule is Cc1ccc(C)c(C(=O)C(C)Sc2nnc3sc4ccccc4n23)c1. The van der Waals surface area contributed by atoms with E-state index in [4.69, 9.17) is 0 Å². The van der Waals surface area contributed by atoms with Crippen molar-refractivity contribution in [3.8, 4) is 0 Å². The zero-order valence-corrected chi connectivity index (χ0v) is 15.8. The van der Waals surface area contributed by atoms with Crippen molar-refractivity contribution in [2.24, 2.45) is 0 Å². The van der Waals surface area contributed by atoms with Crippen LogP contribution in [0.4, 0.5) is 0 Å². The first-order chi connectivity index (χ1) is 12.0. The molecular formula is C19H17N3OS2. The topological polar surface area (TPSA) is 47.3 Å². The first kappa shape index (κ1) is 16.3. The third-order valence-corrected chi connectivity index (χ3v) is 6.28. The standard InChI is InChI=1S/C19H17N3OS2/c1-11-8-9-12(2)14(10-11)17(23)13(3)24-18-20-21-19-22(18)15-6-4-5-7-16(15)25-19/h4-10,13H,1-3H3. The van der Waals surface area contributed by atoms with Gasteiger partial charge in [-0.1, -0.05) is 52.9 Å². The molecule has 0 aliphatic rings. The fourth-order valence-corrected chi connectivity index (χ4v) is 4.81. The zero-order valence-electron chi connectivity index (χ0n) is 14.2. The minimum absolute atomic E-state index is 0.127. The Bertz CT molecular complexity index is 1100. The lowest BCUT2D eigenvalue weighted by molar-refractivity contribution is 0.0993. The van der Waals surface area contributed by atoms with E-state index in [1.165, 1.54) is 16.5 Å². The Morgan fingerprint density at radius 3 is 2.80 bits per heavy atom. The maximum atomic E-state index is 12.9. The van der Waals surface area contributed by atoms with Crippen LogP contribution in [-0.4, -0.2) is 25.6 Å². The summed E-state index contributed by atoms with van der Waals surface area (Å²) >= 11 is 3.07. The molecule has 4 rings (SSSR count). The minimum atomic E-state index is -0.230. The van der Waals surface area contributed by atoms with Crippen LogP contribution in [-0.2, 0) is 0 Å². The number of aromatic nitrogens is 3. The van der Waals surface area contributed by atoms with Crippen LogP contribution >= 0.6 is 23.1 Å². The smallest absolute Gasteiger partial charge is 0.217 e. The molecule has 0 spiro atoms. The highest BCUT2D eigenvalue weighted by Crippen LogP contribution is 2.32. The van der Waals surface area contributed by atoms with Crippen molar-refractivity contribution in [2.45, 2.75) is 31.2 Å². The molecular weight excluding hydrogens is 350 g/mol. The fourth-order valence-electron chi connectivity index (χ4n) is 2.86. The number of hydrogen-bond acceptors (Lipinski definition) is 5. The van der Waals surface area contributed by atoms with E-state index in [0.717, 1.165) is 32.3 Å². The van der Waals surface area contributed by atoms with E-state index in [-0.39, 0.29) is 11.0 Å². The largest absolute Gasteiger partial charge is 0.293 e. The quantitative estimate of drug-likeness (QED) is 0.379. The highest BCUT2D eigenvalue weighted by molar-refractivity contribution is 8.00. The van der Waals surface area contributed by atoms with Gasteiger partial charge in [0, 0.05) is 5.56 Å². The summed E-state index contributed by atoms with van der Waals surface area (Å²) in [6.45, 7) is 5.92. The van der Waals surface area contributed by atoms with Crippen LogP contribution in [0.1, 0.15) is 28.4 Å². The van der Waals surface area contributed by atoms with Crippen molar-refractivity contribution in [3.05, 3.63) is 59.2 Å². The lowest BCUT2D eigenvalue weighted by atomic mass is 10.0. The maximum absolute atomic E-state index is 12.9. The fraction of sp³-hybridized carbons (Fsp3) is 0.211. The Labute approximate surface area is 153 Å². The molecule has 0 saturated heterocycles. The molecule has 0 bridgehead atoms. The van der Waals surface area contributed by atoms with Crippen LogP contribution in [0.5, 0.6) is 0 Å². The monoisotopic (exact) mass is 367 g/mol. The van der Waals surface area contributed by atoms with Gasteiger partial charge in [-0.3, -0.25) is 9.20 Å². The highest BCUT2D eigenvalue weighted by atomic mass is 32.2. The molecule has 0 fully saturated rings. The molecule has 0 aliphatic carbocycles. The highest BCUT2D eigenvalue weighted by Gasteiger charge is 2.22. The number of thioether (sulfide) groups is 1. The van der Waals surface area contributed by atoms with E-state index in [1.54, 1.807) is 11.3 Å². The number of thiazole rings is 1. The number of hydrogen-bond donors (Lipinski definition) is 0. The number of carbonyl (C=O) groups excluding carboxylic acids is 1. The molecule has 25 heavy (non-hydrogen) atoms. The van der Waals surface area contributed by atoms with Gasteiger partial charge in [-0.05, 0) is 44.5 Å². The van der Waals surface area contributed by atoms with Crippen molar-refractivity contribution in [1.29, 1.82) is 0 Å². The van der Waals surface area contributed by atoms with Gasteiger partial charge in [-0.15, -0.1) is 10.2 Å². The van der Waals surface area contributed by atoms with E-state index >= 15 is 0 Å². The molecule has 2 heterocycles. The van der Waals surface area contributed by atoms with Gasteiger partial charge in [0.15, 0.2) is 10.9 Å². The molecule has 0 amide bonds. The van der Waals surface area contributed by atoms with Crippen molar-refractivity contribution < 1.29 is 4.79 Å². The third kappa shape index (κ3) is 2.85. The Balaban J connectivity index is 1.69. The molecule has 2 aromatic heterocycles. The van der Waals surface area contributed by atoms with E-state index in [1.807, 2.05) is 55.5 Å². The average molecular weight is 367 g/mol. The molecule has 0 saturated carbocycles. The lowest BCUT2D eigenvalue weighted by Crippen LogP contribution is -2.15. The number of nitrogens with zero attached hydrogens (tertiary/aromatic N) is 3. The van der Waals surface area contributed by atoms with Gasteiger partial charge < -0.3 is 0 Å². The molecule has 2 aromatic carbocycles. The molecule has 4 aromatic rings. The minimum Gasteiger partial charge on any atom is -0.293 e. The number of benzene rings is 2. The van der Waals surface area contributed by atoms with Crippen LogP contribution in [0.15, 0.2) is 47.6 Å². The number of fused-ring (bicyclic) bond motifs is 3. The summed E-state index contributed by atoms with van der Waals surface area (Å²) in [5.74, 6) is 0.127. The molecule has 0 radical (unpaired) electrons. The van der Waals surface area contributed by atoms with Gasteiger partial charge in [0.05, 0.1) is 15.5 Å². The predicted octanol–water partition coefficient (Wildman–Crippen LogP) is 4.92. The second kappa shape index (κ2) is 6.28. The summed E-state index contributed by atoms with van der Waals surface area (Å²) in [4.78, 5) is 13.8. The average Bonchev–Trinajstić information content (AvgIpc) is 3.16. The zero-order chi connectivity index (χ0) is 17.6. The number of Topliss-reactive ketones (excluding diaryl/α,β-unsaturated/α-hetero) is 1. The Morgan fingerprint density at radius 1 is 1.16 bits per heavy atom. The molecule has 1 unspecified atom stereocenters. The Kier molecular flexibility index (Phi) is 4.09. The summed E-state index contributed by atoms with van der Waals surface area (Å²) in [7, 11) is 0. The number of rotatable bonds is 4. The van der Waals surface area contributed by atoms with E-state index in [2.05, 4.69) is 22.3 Å². The third-order valence-electron chi connectivity index (χ3n) is 4.22. The lowest BCUT2D eigenvalue weighted by Gasteiger charge is -2.11. The van der Waals surface area contributed by atoms with E-state index < -0.39 is 0 Å². The molecule has 0 N–H and O–H groups in total. The number of ketones is 1. The normalized spacial score (nSPS) is 12.8. The number of carbonyl (C=O) groups is 1. The van der Waals surface area contributed by atoms with Crippen LogP contribution in [0.3, 0.4) is 0 Å². The molecule has 6 heteroatoms. The van der Waals surface area contributed by atoms with E-state index in [9.17, 15) is 4.79 Å². The second-order valence-corrected chi connectivity index (χ2v) is 8.43. The van der Waals surface area contributed by atoms with Crippen LogP contribution in [0, 0.1) is 13.8 Å². The summed E-state index contributed by atoms with van der Waals surface area (Å²) in [6.07, 6.45) is 0. The first-order valence-electron chi connectivity index (χ1n) is 8.05. The van der Waals surface area contributed by atoms with Crippen LogP contribution in [0.25, 0.3) is 15.2 Å². The first-order valence-corrected chi connectivity index (χ1v) is 9.75. The van der Waals surface area contributed by atoms with Crippen molar-refractivity contribution in [2.75, 3.05) is 0 Å². The van der Waals surface area contributed by atoms with Crippen LogP contribution in [0.2, 0.25) is 0 Å². The Morgan fingerprint density at radius 2 is 1.96 bits per heavy atom. The number of aryl methyl sites for hydroxylation is 2. The Hall–Kier alpha value is -2.18. The summed E-state index contributed by atoms with van der Waals surface area (Å²) in [5.41, 5.74) is 3.98. The van der Waals surface area contributed by atoms with Crippen molar-refractivity contribution in [1.82, 2.24) is 14.6 Å². The van der Waals surface area contributed by atoms with Gasteiger partial charge in [0.1, 0.15) is 0 Å². The van der Waals surface area contributed by atoms with Crippen LogP contribution < -0.4 is 0 Å². The van der Waals surface area contributed by atoms with Gasteiger partial charge in [-0.2, -0.15) is 0 Å². The molecule has 126 valence electrons. The second-order valence-electron chi connectivity index (χ2n) is 6.11. The predicted molar refractivity (Wildman–Crippen MR) is 104 cm³/mol. The molecule has 1 atom stereocenters. The van der Waals surface area contributed by atoms with Gasteiger partial charge in [-0.25, -0.2) is 0 Å². The van der Waals surface area contributed by atoms with Gasteiger partial charge in [0.25, 0.3) is 0 Å². The summed E-state index contributed by atoms with van der Waals surface area (Å²) < 4.78 is 3.21.